The van der Waals surface area contributed by atoms with Gasteiger partial charge in [-0.3, -0.25) is 0 Å². The number of para-hydroxylation sites is 3. The molecule has 0 N–H and O–H groups in total. The van der Waals surface area contributed by atoms with Crippen LogP contribution in [0.1, 0.15) is 5.56 Å². The fourth-order valence-electron chi connectivity index (χ4n) is 7.26. The van der Waals surface area contributed by atoms with Gasteiger partial charge in [-0.1, -0.05) is 115 Å². The molecule has 52 heavy (non-hydrogen) atoms. The molecule has 0 bridgehead atoms. The predicted molar refractivity (Wildman–Crippen MR) is 208 cm³/mol. The number of furan rings is 1. The van der Waals surface area contributed by atoms with E-state index in [1.807, 2.05) is 72.8 Å². The van der Waals surface area contributed by atoms with Gasteiger partial charge in [0.2, 0.25) is 0 Å². The lowest BCUT2D eigenvalue weighted by atomic mass is 10.0. The average Bonchev–Trinajstić information content (AvgIpc) is 3.77. The maximum absolute atomic E-state index is 9.58. The summed E-state index contributed by atoms with van der Waals surface area (Å²) in [5, 5.41) is 14.1. The van der Waals surface area contributed by atoms with E-state index in [1.165, 1.54) is 0 Å². The average molecular weight is 666 g/mol. The standard InChI is InChI=1S/C46H27N5O/c47-28-29-11-8-14-32(25-29)45-48-44(30-12-2-1-3-13-30)49-46(50-45)33-15-9-16-34(26-33)51-40-21-6-4-17-36(40)39-27-31(23-24-41(39)51)35-19-10-20-38-37-18-5-7-22-42(37)52-43(35)38/h1-27H. The summed E-state index contributed by atoms with van der Waals surface area (Å²) in [5.74, 6) is 1.63. The Bertz CT molecular complexity index is 3040. The lowest BCUT2D eigenvalue weighted by Crippen LogP contribution is -2.01. The highest BCUT2D eigenvalue weighted by Crippen LogP contribution is 2.39. The maximum Gasteiger partial charge on any atom is 0.164 e. The van der Waals surface area contributed by atoms with E-state index in [-0.39, 0.29) is 0 Å². The van der Waals surface area contributed by atoms with Crippen molar-refractivity contribution in [3.05, 3.63) is 169 Å². The third-order valence-corrected chi connectivity index (χ3v) is 9.67. The summed E-state index contributed by atoms with van der Waals surface area (Å²) < 4.78 is 8.72. The van der Waals surface area contributed by atoms with Gasteiger partial charge in [0.25, 0.3) is 0 Å². The number of benzene rings is 7. The molecule has 0 spiro atoms. The maximum atomic E-state index is 9.58. The minimum atomic E-state index is 0.509. The Kier molecular flexibility index (Phi) is 6.76. The number of hydrogen-bond acceptors (Lipinski definition) is 5. The fraction of sp³-hybridized carbons (Fsp3) is 0. The van der Waals surface area contributed by atoms with Gasteiger partial charge in [-0.25, -0.2) is 15.0 Å². The molecule has 0 atom stereocenters. The number of nitriles is 1. The van der Waals surface area contributed by atoms with Gasteiger partial charge in [0.1, 0.15) is 11.2 Å². The van der Waals surface area contributed by atoms with Crippen LogP contribution in [-0.4, -0.2) is 19.5 Å². The van der Waals surface area contributed by atoms with E-state index < -0.39 is 0 Å². The minimum absolute atomic E-state index is 0.509. The Morgan fingerprint density at radius 2 is 1.10 bits per heavy atom. The van der Waals surface area contributed by atoms with Crippen LogP contribution in [0.4, 0.5) is 0 Å². The van der Waals surface area contributed by atoms with Crippen molar-refractivity contribution in [3.8, 4) is 57.0 Å². The van der Waals surface area contributed by atoms with Crippen molar-refractivity contribution in [2.24, 2.45) is 0 Å². The molecule has 0 aliphatic rings. The molecule has 242 valence electrons. The van der Waals surface area contributed by atoms with Crippen molar-refractivity contribution in [3.63, 3.8) is 0 Å². The van der Waals surface area contributed by atoms with Crippen LogP contribution in [0.3, 0.4) is 0 Å². The first-order valence-electron chi connectivity index (χ1n) is 17.1. The van der Waals surface area contributed by atoms with Crippen molar-refractivity contribution in [2.75, 3.05) is 0 Å². The Hall–Kier alpha value is -7.36. The SMILES string of the molecule is N#Cc1cccc(-c2nc(-c3ccccc3)nc(-c3cccc(-n4c5ccccc5c5cc(-c6cccc7c6oc6ccccc67)ccc54)c3)n2)c1. The van der Waals surface area contributed by atoms with Crippen LogP contribution >= 0.6 is 0 Å². The lowest BCUT2D eigenvalue weighted by Gasteiger charge is -2.12. The normalized spacial score (nSPS) is 11.4. The monoisotopic (exact) mass is 665 g/mol. The third kappa shape index (κ3) is 4.84. The van der Waals surface area contributed by atoms with Gasteiger partial charge in [-0.05, 0) is 54.1 Å². The van der Waals surface area contributed by atoms with Crippen molar-refractivity contribution in [1.82, 2.24) is 19.5 Å². The van der Waals surface area contributed by atoms with E-state index in [2.05, 4.69) is 95.6 Å². The molecule has 0 amide bonds. The summed E-state index contributed by atoms with van der Waals surface area (Å²) in [7, 11) is 0. The first-order valence-corrected chi connectivity index (χ1v) is 17.1. The zero-order valence-electron chi connectivity index (χ0n) is 27.7. The van der Waals surface area contributed by atoms with Crippen molar-refractivity contribution < 1.29 is 4.42 Å². The van der Waals surface area contributed by atoms with Crippen LogP contribution in [0.25, 0.3) is 94.7 Å². The Morgan fingerprint density at radius 3 is 1.92 bits per heavy atom. The van der Waals surface area contributed by atoms with Gasteiger partial charge < -0.3 is 8.98 Å². The predicted octanol–water partition coefficient (Wildman–Crippen LogP) is 11.4. The van der Waals surface area contributed by atoms with E-state index in [9.17, 15) is 5.26 Å². The fourth-order valence-corrected chi connectivity index (χ4v) is 7.26. The minimum Gasteiger partial charge on any atom is -0.455 e. The second kappa shape index (κ2) is 11.9. The van der Waals surface area contributed by atoms with Gasteiger partial charge in [0.05, 0.1) is 22.7 Å². The molecule has 6 nitrogen and oxygen atoms in total. The van der Waals surface area contributed by atoms with Gasteiger partial charge in [-0.2, -0.15) is 5.26 Å². The molecule has 0 saturated heterocycles. The first-order chi connectivity index (χ1) is 25.7. The molecular weight excluding hydrogens is 639 g/mol. The van der Waals surface area contributed by atoms with E-state index >= 15 is 0 Å². The van der Waals surface area contributed by atoms with Crippen LogP contribution in [0.2, 0.25) is 0 Å². The summed E-state index contributed by atoms with van der Waals surface area (Å²) in [6.45, 7) is 0. The second-order valence-electron chi connectivity index (χ2n) is 12.8. The van der Waals surface area contributed by atoms with Crippen LogP contribution in [0.5, 0.6) is 0 Å². The molecule has 0 saturated carbocycles. The number of hydrogen-bond donors (Lipinski definition) is 0. The van der Waals surface area contributed by atoms with Gasteiger partial charge >= 0.3 is 0 Å². The third-order valence-electron chi connectivity index (χ3n) is 9.67. The molecule has 10 aromatic rings. The van der Waals surface area contributed by atoms with Crippen LogP contribution in [0.15, 0.2) is 168 Å². The summed E-state index contributed by atoms with van der Waals surface area (Å²) in [6.07, 6.45) is 0. The molecule has 0 aliphatic carbocycles. The molecule has 0 fully saturated rings. The van der Waals surface area contributed by atoms with E-state index in [4.69, 9.17) is 19.4 Å². The van der Waals surface area contributed by atoms with Crippen LogP contribution < -0.4 is 0 Å². The van der Waals surface area contributed by atoms with E-state index in [0.717, 1.165) is 77.2 Å². The molecule has 0 radical (unpaired) electrons. The van der Waals surface area contributed by atoms with Crippen molar-refractivity contribution >= 4 is 43.7 Å². The number of nitrogens with zero attached hydrogens (tertiary/aromatic N) is 5. The summed E-state index contributed by atoms with van der Waals surface area (Å²) in [5.41, 5.74) is 10.2. The molecule has 0 aliphatic heterocycles. The Labute approximate surface area is 298 Å². The molecule has 6 heteroatoms. The van der Waals surface area contributed by atoms with E-state index in [1.54, 1.807) is 6.07 Å². The van der Waals surface area contributed by atoms with Crippen molar-refractivity contribution in [2.45, 2.75) is 0 Å². The molecule has 3 heterocycles. The molecule has 3 aromatic heterocycles. The second-order valence-corrected chi connectivity index (χ2v) is 12.8. The quantitative estimate of drug-likeness (QED) is 0.183. The summed E-state index contributed by atoms with van der Waals surface area (Å²) in [6, 6.07) is 57.6. The van der Waals surface area contributed by atoms with Crippen LogP contribution in [0, 0.1) is 11.3 Å². The smallest absolute Gasteiger partial charge is 0.164 e. The number of fused-ring (bicyclic) bond motifs is 6. The summed E-state index contributed by atoms with van der Waals surface area (Å²) in [4.78, 5) is 14.8. The van der Waals surface area contributed by atoms with Gasteiger partial charge in [0, 0.05) is 49.5 Å². The lowest BCUT2D eigenvalue weighted by molar-refractivity contribution is 0.670. The molecule has 0 unspecified atom stereocenters. The highest BCUT2D eigenvalue weighted by molar-refractivity contribution is 6.13. The Morgan fingerprint density at radius 1 is 0.462 bits per heavy atom. The number of rotatable bonds is 5. The summed E-state index contributed by atoms with van der Waals surface area (Å²) >= 11 is 0. The van der Waals surface area contributed by atoms with Crippen LogP contribution in [-0.2, 0) is 0 Å². The van der Waals surface area contributed by atoms with E-state index in [0.29, 0.717) is 23.0 Å². The van der Waals surface area contributed by atoms with Crippen molar-refractivity contribution in [1.29, 1.82) is 5.26 Å². The molecule has 10 rings (SSSR count). The first kappa shape index (κ1) is 29.5. The zero-order valence-corrected chi connectivity index (χ0v) is 27.7. The van der Waals surface area contributed by atoms with Gasteiger partial charge in [0.15, 0.2) is 17.5 Å². The highest BCUT2D eigenvalue weighted by atomic mass is 16.3. The Balaban J connectivity index is 1.14. The van der Waals surface area contributed by atoms with Gasteiger partial charge in [-0.15, -0.1) is 0 Å². The topological polar surface area (TPSA) is 80.5 Å². The molecular formula is C46H27N5O. The largest absolute Gasteiger partial charge is 0.455 e. The number of aromatic nitrogens is 4. The molecule has 7 aromatic carbocycles. The zero-order chi connectivity index (χ0) is 34.6. The highest BCUT2D eigenvalue weighted by Gasteiger charge is 2.18.